The fourth-order valence-corrected chi connectivity index (χ4v) is 2.21. The van der Waals surface area contributed by atoms with Crippen LogP contribution in [0.1, 0.15) is 21.1 Å². The summed E-state index contributed by atoms with van der Waals surface area (Å²) in [7, 11) is 1.71. The third kappa shape index (κ3) is 2.92. The van der Waals surface area contributed by atoms with Crippen LogP contribution in [-0.2, 0) is 6.54 Å². The zero-order valence-corrected chi connectivity index (χ0v) is 11.0. The Morgan fingerprint density at radius 1 is 1.39 bits per heavy atom. The van der Waals surface area contributed by atoms with E-state index in [1.807, 2.05) is 12.3 Å². The molecule has 0 N–H and O–H groups in total. The summed E-state index contributed by atoms with van der Waals surface area (Å²) in [6.45, 7) is 2.39. The number of thiazole rings is 1. The number of aryl methyl sites for hydroxylation is 1. The molecule has 1 aromatic heterocycles. The summed E-state index contributed by atoms with van der Waals surface area (Å²) in [6.07, 6.45) is 0. The van der Waals surface area contributed by atoms with Gasteiger partial charge >= 0.3 is 0 Å². The molecule has 18 heavy (non-hydrogen) atoms. The standard InChI is InChI=1S/C13H13FN2OS/c1-9-15-12(8-18-9)7-16(2)13(17)10-3-5-11(14)6-4-10/h3-6,8H,7H2,1-2H3. The van der Waals surface area contributed by atoms with Crippen LogP contribution in [0.3, 0.4) is 0 Å². The van der Waals surface area contributed by atoms with Crippen molar-refractivity contribution >= 4 is 17.2 Å². The van der Waals surface area contributed by atoms with E-state index in [0.29, 0.717) is 12.1 Å². The fourth-order valence-electron chi connectivity index (χ4n) is 1.61. The molecule has 0 bridgehead atoms. The number of carbonyl (C=O) groups is 1. The molecule has 0 aliphatic rings. The highest BCUT2D eigenvalue weighted by Crippen LogP contribution is 2.12. The highest BCUT2D eigenvalue weighted by Gasteiger charge is 2.13. The van der Waals surface area contributed by atoms with E-state index in [0.717, 1.165) is 10.7 Å². The maximum atomic E-state index is 12.8. The normalized spacial score (nSPS) is 10.4. The number of amides is 1. The Morgan fingerprint density at radius 3 is 2.61 bits per heavy atom. The molecule has 0 aliphatic heterocycles. The van der Waals surface area contributed by atoms with Gasteiger partial charge in [-0.2, -0.15) is 0 Å². The summed E-state index contributed by atoms with van der Waals surface area (Å²) in [4.78, 5) is 17.9. The Labute approximate surface area is 109 Å². The first-order chi connectivity index (χ1) is 8.56. The summed E-state index contributed by atoms with van der Waals surface area (Å²) in [6, 6.07) is 5.54. The van der Waals surface area contributed by atoms with Gasteiger partial charge in [-0.15, -0.1) is 11.3 Å². The Morgan fingerprint density at radius 2 is 2.06 bits per heavy atom. The molecular weight excluding hydrogens is 251 g/mol. The van der Waals surface area contributed by atoms with E-state index in [1.54, 1.807) is 23.3 Å². The van der Waals surface area contributed by atoms with Crippen molar-refractivity contribution in [3.8, 4) is 0 Å². The molecule has 94 valence electrons. The van der Waals surface area contributed by atoms with Gasteiger partial charge in [0.05, 0.1) is 17.2 Å². The van der Waals surface area contributed by atoms with Gasteiger partial charge in [-0.1, -0.05) is 0 Å². The Kier molecular flexibility index (Phi) is 3.72. The molecule has 1 heterocycles. The molecule has 0 saturated carbocycles. The average molecular weight is 264 g/mol. The molecule has 0 unspecified atom stereocenters. The van der Waals surface area contributed by atoms with Crippen LogP contribution in [0.15, 0.2) is 29.6 Å². The molecule has 2 aromatic rings. The number of benzene rings is 1. The minimum atomic E-state index is -0.343. The van der Waals surface area contributed by atoms with Crippen molar-refractivity contribution in [2.75, 3.05) is 7.05 Å². The van der Waals surface area contributed by atoms with Gasteiger partial charge in [-0.3, -0.25) is 4.79 Å². The molecule has 0 spiro atoms. The maximum Gasteiger partial charge on any atom is 0.253 e. The van der Waals surface area contributed by atoms with Crippen molar-refractivity contribution in [1.82, 2.24) is 9.88 Å². The second kappa shape index (κ2) is 5.27. The van der Waals surface area contributed by atoms with Crippen LogP contribution >= 0.6 is 11.3 Å². The number of nitrogens with zero attached hydrogens (tertiary/aromatic N) is 2. The first-order valence-electron chi connectivity index (χ1n) is 5.48. The van der Waals surface area contributed by atoms with Crippen molar-refractivity contribution in [3.05, 3.63) is 51.7 Å². The second-order valence-electron chi connectivity index (χ2n) is 4.03. The Hall–Kier alpha value is -1.75. The molecule has 0 aliphatic carbocycles. The topological polar surface area (TPSA) is 33.2 Å². The largest absolute Gasteiger partial charge is 0.336 e. The van der Waals surface area contributed by atoms with Gasteiger partial charge in [0.25, 0.3) is 5.91 Å². The van der Waals surface area contributed by atoms with Gasteiger partial charge in [0.2, 0.25) is 0 Å². The van der Waals surface area contributed by atoms with E-state index < -0.39 is 0 Å². The third-order valence-corrected chi connectivity index (χ3v) is 3.33. The minimum Gasteiger partial charge on any atom is -0.336 e. The van der Waals surface area contributed by atoms with Crippen molar-refractivity contribution in [2.45, 2.75) is 13.5 Å². The van der Waals surface area contributed by atoms with Crippen LogP contribution in [0, 0.1) is 12.7 Å². The molecule has 0 radical (unpaired) electrons. The van der Waals surface area contributed by atoms with Crippen LogP contribution in [0.4, 0.5) is 4.39 Å². The molecule has 0 atom stereocenters. The van der Waals surface area contributed by atoms with Crippen molar-refractivity contribution in [1.29, 1.82) is 0 Å². The summed E-state index contributed by atoms with van der Waals surface area (Å²) in [5, 5.41) is 2.91. The fraction of sp³-hybridized carbons (Fsp3) is 0.231. The van der Waals surface area contributed by atoms with E-state index in [9.17, 15) is 9.18 Å². The van der Waals surface area contributed by atoms with Crippen LogP contribution in [-0.4, -0.2) is 22.8 Å². The molecule has 1 aromatic carbocycles. The van der Waals surface area contributed by atoms with E-state index >= 15 is 0 Å². The smallest absolute Gasteiger partial charge is 0.253 e. The monoisotopic (exact) mass is 264 g/mol. The third-order valence-electron chi connectivity index (χ3n) is 2.50. The molecule has 0 fully saturated rings. The van der Waals surface area contributed by atoms with Gasteiger partial charge in [-0.25, -0.2) is 9.37 Å². The zero-order valence-electron chi connectivity index (χ0n) is 10.2. The van der Waals surface area contributed by atoms with Crippen LogP contribution < -0.4 is 0 Å². The highest BCUT2D eigenvalue weighted by atomic mass is 32.1. The molecule has 2 rings (SSSR count). The molecule has 5 heteroatoms. The first kappa shape index (κ1) is 12.7. The van der Waals surface area contributed by atoms with Crippen LogP contribution in [0.25, 0.3) is 0 Å². The van der Waals surface area contributed by atoms with E-state index in [2.05, 4.69) is 4.98 Å². The van der Waals surface area contributed by atoms with Gasteiger partial charge in [0, 0.05) is 18.0 Å². The molecular formula is C13H13FN2OS. The average Bonchev–Trinajstić information content (AvgIpc) is 2.75. The predicted molar refractivity (Wildman–Crippen MR) is 69.0 cm³/mol. The predicted octanol–water partition coefficient (Wildman–Crippen LogP) is 2.86. The van der Waals surface area contributed by atoms with Gasteiger partial charge < -0.3 is 4.90 Å². The SMILES string of the molecule is Cc1nc(CN(C)C(=O)c2ccc(F)cc2)cs1. The van der Waals surface area contributed by atoms with Crippen LogP contribution in [0.5, 0.6) is 0 Å². The number of halogens is 1. The summed E-state index contributed by atoms with van der Waals surface area (Å²) < 4.78 is 12.8. The van der Waals surface area contributed by atoms with Gasteiger partial charge in [0.15, 0.2) is 0 Å². The number of hydrogen-bond acceptors (Lipinski definition) is 3. The van der Waals surface area contributed by atoms with Gasteiger partial charge in [-0.05, 0) is 31.2 Å². The lowest BCUT2D eigenvalue weighted by Gasteiger charge is -2.15. The summed E-state index contributed by atoms with van der Waals surface area (Å²) >= 11 is 1.56. The van der Waals surface area contributed by atoms with E-state index in [4.69, 9.17) is 0 Å². The summed E-state index contributed by atoms with van der Waals surface area (Å²) in [5.74, 6) is -0.481. The molecule has 3 nitrogen and oxygen atoms in total. The highest BCUT2D eigenvalue weighted by molar-refractivity contribution is 7.09. The van der Waals surface area contributed by atoms with Crippen molar-refractivity contribution in [2.24, 2.45) is 0 Å². The number of aromatic nitrogens is 1. The number of carbonyl (C=O) groups excluding carboxylic acids is 1. The summed E-state index contributed by atoms with van der Waals surface area (Å²) in [5.41, 5.74) is 1.35. The Balaban J connectivity index is 2.07. The van der Waals surface area contributed by atoms with Gasteiger partial charge in [0.1, 0.15) is 5.82 Å². The quantitative estimate of drug-likeness (QED) is 0.854. The van der Waals surface area contributed by atoms with Crippen molar-refractivity contribution in [3.63, 3.8) is 0 Å². The van der Waals surface area contributed by atoms with E-state index in [1.165, 1.54) is 24.3 Å². The van der Waals surface area contributed by atoms with E-state index in [-0.39, 0.29) is 11.7 Å². The zero-order chi connectivity index (χ0) is 13.1. The maximum absolute atomic E-state index is 12.8. The van der Waals surface area contributed by atoms with Crippen molar-refractivity contribution < 1.29 is 9.18 Å². The number of hydrogen-bond donors (Lipinski definition) is 0. The van der Waals surface area contributed by atoms with Crippen LogP contribution in [0.2, 0.25) is 0 Å². The lowest BCUT2D eigenvalue weighted by atomic mass is 10.2. The first-order valence-corrected chi connectivity index (χ1v) is 6.36. The lowest BCUT2D eigenvalue weighted by Crippen LogP contribution is -2.26. The molecule has 0 saturated heterocycles. The second-order valence-corrected chi connectivity index (χ2v) is 5.09. The molecule has 1 amide bonds. The minimum absolute atomic E-state index is 0.138. The number of rotatable bonds is 3. The lowest BCUT2D eigenvalue weighted by molar-refractivity contribution is 0.0783. The Bertz CT molecular complexity index is 550.